The van der Waals surface area contributed by atoms with E-state index in [1.165, 1.54) is 5.56 Å². The van der Waals surface area contributed by atoms with Gasteiger partial charge in [0.05, 0.1) is 11.3 Å². The number of nitrogens with zero attached hydrogens (tertiary/aromatic N) is 1. The number of fused-ring (bicyclic) bond motifs is 1. The Kier molecular flexibility index (Phi) is 2.81. The summed E-state index contributed by atoms with van der Waals surface area (Å²) in [6, 6.07) is 18.6. The zero-order chi connectivity index (χ0) is 13.2. The first kappa shape index (κ1) is 11.6. The van der Waals surface area contributed by atoms with Crippen LogP contribution in [-0.4, -0.2) is 4.98 Å². The molecule has 0 saturated carbocycles. The van der Waals surface area contributed by atoms with Crippen LogP contribution in [0.2, 0.25) is 0 Å². The summed E-state index contributed by atoms with van der Waals surface area (Å²) in [6.45, 7) is 2.14. The molecule has 1 N–H and O–H groups in total. The van der Waals surface area contributed by atoms with Crippen molar-refractivity contribution in [2.24, 2.45) is 0 Å². The molecule has 0 spiro atoms. The summed E-state index contributed by atoms with van der Waals surface area (Å²) < 4.78 is 0. The van der Waals surface area contributed by atoms with Crippen LogP contribution >= 0.6 is 0 Å². The fourth-order valence-electron chi connectivity index (χ4n) is 2.38. The molecule has 1 aromatic heterocycles. The zero-order valence-corrected chi connectivity index (χ0v) is 10.8. The third-order valence-electron chi connectivity index (χ3n) is 3.47. The fraction of sp³-hybridized carbons (Fsp3) is 0.118. The van der Waals surface area contributed by atoms with Crippen molar-refractivity contribution in [3.8, 4) is 17.3 Å². The minimum absolute atomic E-state index is 0.722. The van der Waals surface area contributed by atoms with Crippen molar-refractivity contribution >= 4 is 10.9 Å². The first-order valence-corrected chi connectivity index (χ1v) is 6.43. The van der Waals surface area contributed by atoms with E-state index in [4.69, 9.17) is 0 Å². The molecule has 0 aliphatic carbocycles. The molecule has 3 rings (SSSR count). The third kappa shape index (κ3) is 1.90. The van der Waals surface area contributed by atoms with Gasteiger partial charge in [0.1, 0.15) is 6.07 Å². The van der Waals surface area contributed by atoms with Gasteiger partial charge < -0.3 is 4.98 Å². The van der Waals surface area contributed by atoms with Crippen LogP contribution in [0.15, 0.2) is 48.5 Å². The van der Waals surface area contributed by atoms with Gasteiger partial charge in [-0.05, 0) is 23.6 Å². The molecule has 1 heterocycles. The van der Waals surface area contributed by atoms with Gasteiger partial charge in [0.2, 0.25) is 0 Å². The molecule has 92 valence electrons. The summed E-state index contributed by atoms with van der Waals surface area (Å²) >= 11 is 0. The molecule has 2 nitrogen and oxygen atoms in total. The number of aryl methyl sites for hydroxylation is 1. The van der Waals surface area contributed by atoms with E-state index in [1.807, 2.05) is 24.3 Å². The Bertz CT molecular complexity index is 758. The highest BCUT2D eigenvalue weighted by molar-refractivity contribution is 5.93. The van der Waals surface area contributed by atoms with Gasteiger partial charge in [0.25, 0.3) is 0 Å². The first-order chi connectivity index (χ1) is 9.33. The number of H-pyrrole nitrogens is 1. The van der Waals surface area contributed by atoms with Crippen molar-refractivity contribution in [2.75, 3.05) is 0 Å². The number of hydrogen-bond donors (Lipinski definition) is 1. The molecule has 0 bridgehead atoms. The van der Waals surface area contributed by atoms with Crippen LogP contribution in [0.1, 0.15) is 18.1 Å². The van der Waals surface area contributed by atoms with E-state index >= 15 is 0 Å². The van der Waals surface area contributed by atoms with E-state index in [2.05, 4.69) is 42.2 Å². The van der Waals surface area contributed by atoms with Crippen molar-refractivity contribution in [1.82, 2.24) is 4.98 Å². The summed E-state index contributed by atoms with van der Waals surface area (Å²) in [5.41, 5.74) is 5.00. The number of benzene rings is 2. The number of nitrogens with one attached hydrogen (secondary N) is 1. The number of hydrogen-bond acceptors (Lipinski definition) is 1. The second-order valence-electron chi connectivity index (χ2n) is 4.58. The minimum atomic E-state index is 0.722. The number of aromatic nitrogens is 1. The fourth-order valence-corrected chi connectivity index (χ4v) is 2.38. The van der Waals surface area contributed by atoms with Crippen molar-refractivity contribution in [3.63, 3.8) is 0 Å². The molecular weight excluding hydrogens is 232 g/mol. The average molecular weight is 246 g/mol. The Labute approximate surface area is 112 Å². The molecule has 0 unspecified atom stereocenters. The van der Waals surface area contributed by atoms with Gasteiger partial charge in [-0.25, -0.2) is 0 Å². The van der Waals surface area contributed by atoms with Gasteiger partial charge in [-0.15, -0.1) is 0 Å². The maximum absolute atomic E-state index is 9.40. The Morgan fingerprint density at radius 2 is 1.79 bits per heavy atom. The Balaban J connectivity index is 2.21. The molecule has 0 aliphatic heterocycles. The number of para-hydroxylation sites is 1. The molecule has 19 heavy (non-hydrogen) atoms. The second kappa shape index (κ2) is 4.62. The molecule has 0 amide bonds. The van der Waals surface area contributed by atoms with Crippen LogP contribution in [-0.2, 0) is 6.42 Å². The Hall–Kier alpha value is -2.53. The van der Waals surface area contributed by atoms with Gasteiger partial charge >= 0.3 is 0 Å². The molecule has 2 heteroatoms. The highest BCUT2D eigenvalue weighted by atomic mass is 14.7. The highest BCUT2D eigenvalue weighted by Gasteiger charge is 2.11. The summed E-state index contributed by atoms with van der Waals surface area (Å²) in [7, 11) is 0. The van der Waals surface area contributed by atoms with E-state index < -0.39 is 0 Å². The van der Waals surface area contributed by atoms with E-state index in [0.29, 0.717) is 0 Å². The largest absolute Gasteiger partial charge is 0.353 e. The zero-order valence-electron chi connectivity index (χ0n) is 10.8. The molecular formula is C17H14N2. The van der Waals surface area contributed by atoms with Crippen LogP contribution in [0.5, 0.6) is 0 Å². The van der Waals surface area contributed by atoms with Gasteiger partial charge in [-0.2, -0.15) is 5.26 Å². The highest BCUT2D eigenvalue weighted by Crippen LogP contribution is 2.29. The van der Waals surface area contributed by atoms with Crippen molar-refractivity contribution in [3.05, 3.63) is 59.7 Å². The number of aromatic amines is 1. The summed E-state index contributed by atoms with van der Waals surface area (Å²) in [4.78, 5) is 3.35. The molecule has 3 aromatic rings. The topological polar surface area (TPSA) is 39.6 Å². The number of rotatable bonds is 2. The van der Waals surface area contributed by atoms with Crippen molar-refractivity contribution in [1.29, 1.82) is 5.26 Å². The third-order valence-corrected chi connectivity index (χ3v) is 3.47. The second-order valence-corrected chi connectivity index (χ2v) is 4.58. The quantitative estimate of drug-likeness (QED) is 0.720. The summed E-state index contributed by atoms with van der Waals surface area (Å²) in [5, 5.41) is 10.4. The number of nitriles is 1. The lowest BCUT2D eigenvalue weighted by Crippen LogP contribution is -1.84. The van der Waals surface area contributed by atoms with E-state index in [9.17, 15) is 5.26 Å². The standard InChI is InChI=1S/C17H14N2/c1-2-12-7-9-13(10-8-12)17-15(11-18)14-5-3-4-6-16(14)19-17/h3-10,19H,2H2,1H3. The van der Waals surface area contributed by atoms with E-state index in [0.717, 1.165) is 34.1 Å². The summed E-state index contributed by atoms with van der Waals surface area (Å²) in [6.07, 6.45) is 1.03. The van der Waals surface area contributed by atoms with Crippen LogP contribution in [0.3, 0.4) is 0 Å². The molecule has 2 aromatic carbocycles. The van der Waals surface area contributed by atoms with Gasteiger partial charge in [-0.1, -0.05) is 49.4 Å². The lowest BCUT2D eigenvalue weighted by atomic mass is 10.0. The molecule has 0 fully saturated rings. The van der Waals surface area contributed by atoms with Gasteiger partial charge in [-0.3, -0.25) is 0 Å². The lowest BCUT2D eigenvalue weighted by Gasteiger charge is -2.01. The smallest absolute Gasteiger partial charge is 0.102 e. The minimum Gasteiger partial charge on any atom is -0.353 e. The van der Waals surface area contributed by atoms with Crippen molar-refractivity contribution < 1.29 is 0 Å². The van der Waals surface area contributed by atoms with Crippen LogP contribution in [0.25, 0.3) is 22.2 Å². The van der Waals surface area contributed by atoms with Crippen LogP contribution < -0.4 is 0 Å². The molecule has 0 atom stereocenters. The summed E-state index contributed by atoms with van der Waals surface area (Å²) in [5.74, 6) is 0. The van der Waals surface area contributed by atoms with Crippen LogP contribution in [0.4, 0.5) is 0 Å². The first-order valence-electron chi connectivity index (χ1n) is 6.43. The maximum atomic E-state index is 9.40. The molecule has 0 saturated heterocycles. The monoisotopic (exact) mass is 246 g/mol. The van der Waals surface area contributed by atoms with Crippen LogP contribution in [0, 0.1) is 11.3 Å². The molecule has 0 aliphatic rings. The predicted octanol–water partition coefficient (Wildman–Crippen LogP) is 4.27. The van der Waals surface area contributed by atoms with Gasteiger partial charge in [0.15, 0.2) is 0 Å². The van der Waals surface area contributed by atoms with E-state index in [-0.39, 0.29) is 0 Å². The maximum Gasteiger partial charge on any atom is 0.102 e. The Morgan fingerprint density at radius 3 is 2.47 bits per heavy atom. The average Bonchev–Trinajstić information content (AvgIpc) is 2.85. The van der Waals surface area contributed by atoms with Gasteiger partial charge in [0, 0.05) is 10.9 Å². The Morgan fingerprint density at radius 1 is 1.05 bits per heavy atom. The molecule has 0 radical (unpaired) electrons. The van der Waals surface area contributed by atoms with Crippen molar-refractivity contribution in [2.45, 2.75) is 13.3 Å². The normalized spacial score (nSPS) is 10.5. The lowest BCUT2D eigenvalue weighted by molar-refractivity contribution is 1.14. The predicted molar refractivity (Wildman–Crippen MR) is 77.8 cm³/mol. The van der Waals surface area contributed by atoms with E-state index in [1.54, 1.807) is 0 Å². The SMILES string of the molecule is CCc1ccc(-c2[nH]c3ccccc3c2C#N)cc1.